The number of aryl methyl sites for hydroxylation is 1. The van der Waals surface area contributed by atoms with Gasteiger partial charge in [-0.25, -0.2) is 4.98 Å². The summed E-state index contributed by atoms with van der Waals surface area (Å²) in [6, 6.07) is 0.810. The molecular weight excluding hydrogens is 174 g/mol. The first-order valence-corrected chi connectivity index (χ1v) is 5.63. The lowest BCUT2D eigenvalue weighted by Crippen LogP contribution is -2.20. The van der Waals surface area contributed by atoms with E-state index in [4.69, 9.17) is 0 Å². The second-order valence-electron chi connectivity index (χ2n) is 4.02. The predicted molar refractivity (Wildman–Crippen MR) is 57.2 cm³/mol. The Morgan fingerprint density at radius 1 is 1.57 bits per heavy atom. The van der Waals surface area contributed by atoms with Gasteiger partial charge in [0.2, 0.25) is 0 Å². The third kappa shape index (κ3) is 2.58. The Morgan fingerprint density at radius 2 is 2.43 bits per heavy atom. The van der Waals surface area contributed by atoms with Crippen LogP contribution in [0, 0.1) is 0 Å². The van der Waals surface area contributed by atoms with Crippen LogP contribution in [0.4, 0.5) is 0 Å². The number of hydrogen-bond donors (Lipinski definition) is 1. The summed E-state index contributed by atoms with van der Waals surface area (Å²) < 4.78 is 2.26. The average Bonchev–Trinajstić information content (AvgIpc) is 2.89. The highest BCUT2D eigenvalue weighted by Gasteiger charge is 2.19. The van der Waals surface area contributed by atoms with Crippen molar-refractivity contribution in [1.82, 2.24) is 14.9 Å². The molecule has 1 heterocycles. The van der Waals surface area contributed by atoms with Gasteiger partial charge in [-0.05, 0) is 19.3 Å². The van der Waals surface area contributed by atoms with Gasteiger partial charge >= 0.3 is 0 Å². The molecule has 0 saturated heterocycles. The van der Waals surface area contributed by atoms with Crippen LogP contribution >= 0.6 is 0 Å². The Balaban J connectivity index is 1.78. The average molecular weight is 193 g/mol. The zero-order valence-electron chi connectivity index (χ0n) is 8.87. The van der Waals surface area contributed by atoms with E-state index < -0.39 is 0 Å². The second-order valence-corrected chi connectivity index (χ2v) is 4.02. The van der Waals surface area contributed by atoms with Crippen LogP contribution in [0.2, 0.25) is 0 Å². The van der Waals surface area contributed by atoms with Crippen LogP contribution in [0.15, 0.2) is 12.4 Å². The van der Waals surface area contributed by atoms with Crippen molar-refractivity contribution in [2.24, 2.45) is 0 Å². The molecule has 0 radical (unpaired) electrons. The second kappa shape index (κ2) is 4.60. The first-order chi connectivity index (χ1) is 6.90. The molecule has 14 heavy (non-hydrogen) atoms. The minimum absolute atomic E-state index is 0.810. The van der Waals surface area contributed by atoms with Crippen LogP contribution in [-0.2, 0) is 13.0 Å². The maximum Gasteiger partial charge on any atom is 0.109 e. The zero-order chi connectivity index (χ0) is 9.80. The fraction of sp³-hybridized carbons (Fsp3) is 0.727. The minimum Gasteiger partial charge on any atom is -0.335 e. The summed E-state index contributed by atoms with van der Waals surface area (Å²) in [7, 11) is 0. The SMILES string of the molecule is CCCn1ccnc1CCNC1CC1. The van der Waals surface area contributed by atoms with Gasteiger partial charge in [0.05, 0.1) is 0 Å². The van der Waals surface area contributed by atoms with Crippen molar-refractivity contribution in [3.63, 3.8) is 0 Å². The lowest BCUT2D eigenvalue weighted by Gasteiger charge is -2.06. The van der Waals surface area contributed by atoms with Gasteiger partial charge < -0.3 is 9.88 Å². The van der Waals surface area contributed by atoms with E-state index in [0.717, 1.165) is 25.6 Å². The van der Waals surface area contributed by atoms with Crippen LogP contribution < -0.4 is 5.32 Å². The molecule has 1 saturated carbocycles. The largest absolute Gasteiger partial charge is 0.335 e. The number of nitrogens with one attached hydrogen (secondary N) is 1. The molecule has 0 aromatic carbocycles. The van der Waals surface area contributed by atoms with Gasteiger partial charge in [0, 0.05) is 37.9 Å². The van der Waals surface area contributed by atoms with Crippen LogP contribution in [0.3, 0.4) is 0 Å². The van der Waals surface area contributed by atoms with E-state index in [1.807, 2.05) is 6.20 Å². The molecule has 0 unspecified atom stereocenters. The lowest BCUT2D eigenvalue weighted by atomic mass is 10.3. The summed E-state index contributed by atoms with van der Waals surface area (Å²) >= 11 is 0. The van der Waals surface area contributed by atoms with Gasteiger partial charge in [-0.3, -0.25) is 0 Å². The molecule has 3 nitrogen and oxygen atoms in total. The summed E-state index contributed by atoms with van der Waals surface area (Å²) in [5.74, 6) is 1.22. The van der Waals surface area contributed by atoms with Crippen molar-refractivity contribution in [1.29, 1.82) is 0 Å². The Bertz CT molecular complexity index is 276. The maximum atomic E-state index is 4.38. The fourth-order valence-electron chi connectivity index (χ4n) is 1.69. The molecule has 1 fully saturated rings. The quantitative estimate of drug-likeness (QED) is 0.743. The molecule has 2 rings (SSSR count). The van der Waals surface area contributed by atoms with E-state index >= 15 is 0 Å². The Kier molecular flexibility index (Phi) is 3.19. The molecule has 1 N–H and O–H groups in total. The molecule has 78 valence electrons. The van der Waals surface area contributed by atoms with Gasteiger partial charge in [-0.15, -0.1) is 0 Å². The van der Waals surface area contributed by atoms with Crippen molar-refractivity contribution < 1.29 is 0 Å². The Labute approximate surface area is 85.5 Å². The van der Waals surface area contributed by atoms with E-state index in [1.54, 1.807) is 0 Å². The highest BCUT2D eigenvalue weighted by atomic mass is 15.1. The third-order valence-electron chi connectivity index (χ3n) is 2.63. The first kappa shape index (κ1) is 9.71. The van der Waals surface area contributed by atoms with Crippen molar-refractivity contribution >= 4 is 0 Å². The Morgan fingerprint density at radius 3 is 3.14 bits per heavy atom. The monoisotopic (exact) mass is 193 g/mol. The molecule has 1 aliphatic rings. The highest BCUT2D eigenvalue weighted by molar-refractivity contribution is 4.93. The summed E-state index contributed by atoms with van der Waals surface area (Å²) in [6.45, 7) is 4.37. The smallest absolute Gasteiger partial charge is 0.109 e. The third-order valence-corrected chi connectivity index (χ3v) is 2.63. The van der Waals surface area contributed by atoms with E-state index in [2.05, 4.69) is 28.0 Å². The maximum absolute atomic E-state index is 4.38. The molecule has 1 aromatic rings. The molecule has 1 aliphatic carbocycles. The molecule has 0 spiro atoms. The minimum atomic E-state index is 0.810. The van der Waals surface area contributed by atoms with Crippen LogP contribution in [0.5, 0.6) is 0 Å². The van der Waals surface area contributed by atoms with Gasteiger partial charge in [-0.2, -0.15) is 0 Å². The van der Waals surface area contributed by atoms with Crippen LogP contribution in [0.25, 0.3) is 0 Å². The zero-order valence-corrected chi connectivity index (χ0v) is 8.87. The van der Waals surface area contributed by atoms with E-state index in [0.29, 0.717) is 0 Å². The summed E-state index contributed by atoms with van der Waals surface area (Å²) in [5.41, 5.74) is 0. The molecule has 0 amide bonds. The molecule has 0 atom stereocenters. The normalized spacial score (nSPS) is 16.1. The number of aromatic nitrogens is 2. The molecular formula is C11H19N3. The first-order valence-electron chi connectivity index (χ1n) is 5.63. The predicted octanol–water partition coefficient (Wildman–Crippen LogP) is 1.59. The van der Waals surface area contributed by atoms with Crippen molar-refractivity contribution in [3.05, 3.63) is 18.2 Å². The van der Waals surface area contributed by atoms with Crippen molar-refractivity contribution in [3.8, 4) is 0 Å². The Hall–Kier alpha value is -0.830. The molecule has 0 bridgehead atoms. The summed E-state index contributed by atoms with van der Waals surface area (Å²) in [5, 5.41) is 3.51. The van der Waals surface area contributed by atoms with Crippen LogP contribution in [-0.4, -0.2) is 22.1 Å². The topological polar surface area (TPSA) is 29.9 Å². The number of rotatable bonds is 6. The van der Waals surface area contributed by atoms with E-state index in [9.17, 15) is 0 Å². The molecule has 0 aliphatic heterocycles. The summed E-state index contributed by atoms with van der Waals surface area (Å²) in [6.07, 6.45) is 8.95. The van der Waals surface area contributed by atoms with Crippen molar-refractivity contribution in [2.45, 2.75) is 45.2 Å². The standard InChI is InChI=1S/C11H19N3/c1-2-8-14-9-7-13-11(14)5-6-12-10-3-4-10/h7,9-10,12H,2-6,8H2,1H3. The molecule has 1 aromatic heterocycles. The number of imidazole rings is 1. The fourth-order valence-corrected chi connectivity index (χ4v) is 1.69. The van der Waals surface area contributed by atoms with Crippen LogP contribution in [0.1, 0.15) is 32.0 Å². The van der Waals surface area contributed by atoms with E-state index in [1.165, 1.54) is 25.1 Å². The van der Waals surface area contributed by atoms with Gasteiger partial charge in [0.1, 0.15) is 5.82 Å². The van der Waals surface area contributed by atoms with Gasteiger partial charge in [0.25, 0.3) is 0 Å². The van der Waals surface area contributed by atoms with Crippen molar-refractivity contribution in [2.75, 3.05) is 6.54 Å². The number of nitrogens with zero attached hydrogens (tertiary/aromatic N) is 2. The van der Waals surface area contributed by atoms with Gasteiger partial charge in [0.15, 0.2) is 0 Å². The summed E-state index contributed by atoms with van der Waals surface area (Å²) in [4.78, 5) is 4.38. The van der Waals surface area contributed by atoms with Gasteiger partial charge in [-0.1, -0.05) is 6.92 Å². The van der Waals surface area contributed by atoms with E-state index in [-0.39, 0.29) is 0 Å². The number of hydrogen-bond acceptors (Lipinski definition) is 2. The lowest BCUT2D eigenvalue weighted by molar-refractivity contribution is 0.605. The molecule has 3 heteroatoms. The highest BCUT2D eigenvalue weighted by Crippen LogP contribution is 2.18.